The van der Waals surface area contributed by atoms with E-state index in [1.807, 2.05) is 46.2 Å². The minimum atomic E-state index is 0.0679. The second-order valence-electron chi connectivity index (χ2n) is 20.2. The first-order valence-electron chi connectivity index (χ1n) is 27.1. The van der Waals surface area contributed by atoms with Crippen LogP contribution in [0.4, 0.5) is 0 Å². The lowest BCUT2D eigenvalue weighted by Gasteiger charge is -2.33. The van der Waals surface area contributed by atoms with Crippen LogP contribution in [-0.2, 0) is 5.41 Å². The second kappa shape index (κ2) is 26.0. The van der Waals surface area contributed by atoms with E-state index >= 15 is 0 Å². The third-order valence-corrected chi connectivity index (χ3v) is 19.7. The van der Waals surface area contributed by atoms with Gasteiger partial charge in [0.2, 0.25) is 0 Å². The third-order valence-electron chi connectivity index (χ3n) is 15.1. The molecule has 2 atom stereocenters. The maximum Gasteiger partial charge on any atom is 0.107 e. The fourth-order valence-corrected chi connectivity index (χ4v) is 15.3. The van der Waals surface area contributed by atoms with Gasteiger partial charge >= 0.3 is 0 Å². The standard InChI is InChI=1S/C61H84N2S4/c1-9-15-19-21-23-25-37-61(38-26-24-22-20-16-10-2)50-39-43(7)29-32-48(50)49-33-31-47(40-51(49)61)52-35-36-54(67-52)58-56-55(59(63-58)64-41-45(13-5)27-17-11-3)57(53-34-30-44(8)66-53)62-60(56)65-42-46(14-6)28-18-12-4/h29-36,39-40,45-46H,9-28,37-38,41-42H2,1-8H3. The van der Waals surface area contributed by atoms with Gasteiger partial charge in [-0.1, -0.05) is 193 Å². The lowest BCUT2D eigenvalue weighted by Crippen LogP contribution is -2.25. The molecular formula is C61H84N2S4. The highest BCUT2D eigenvalue weighted by Crippen LogP contribution is 2.56. The summed E-state index contributed by atoms with van der Waals surface area (Å²) in [5.74, 6) is 3.62. The Balaban J connectivity index is 1.26. The first-order chi connectivity index (χ1) is 32.8. The smallest absolute Gasteiger partial charge is 0.107 e. The molecular weight excluding hydrogens is 889 g/mol. The minimum absolute atomic E-state index is 0.0679. The number of nitrogens with zero attached hydrogens (tertiary/aromatic N) is 2. The highest BCUT2D eigenvalue weighted by atomic mass is 32.2. The van der Waals surface area contributed by atoms with Crippen molar-refractivity contribution in [2.24, 2.45) is 21.8 Å². The highest BCUT2D eigenvalue weighted by Gasteiger charge is 2.43. The fourth-order valence-electron chi connectivity index (χ4n) is 10.9. The van der Waals surface area contributed by atoms with Crippen molar-refractivity contribution >= 4 is 57.6 Å². The number of hydrogen-bond acceptors (Lipinski definition) is 6. The summed E-state index contributed by atoms with van der Waals surface area (Å²) < 4.78 is 0. The molecule has 3 aliphatic rings. The van der Waals surface area contributed by atoms with Crippen LogP contribution < -0.4 is 0 Å². The second-order valence-corrected chi connectivity index (χ2v) is 24.6. The topological polar surface area (TPSA) is 24.7 Å². The van der Waals surface area contributed by atoms with E-state index in [1.54, 1.807) is 11.1 Å². The summed E-state index contributed by atoms with van der Waals surface area (Å²) in [5, 5.41) is 2.38. The van der Waals surface area contributed by atoms with Crippen molar-refractivity contribution in [1.82, 2.24) is 0 Å². The summed E-state index contributed by atoms with van der Waals surface area (Å²) in [7, 11) is 0. The number of aliphatic imine (C=N–C) groups is 2. The molecule has 0 N–H and O–H groups in total. The van der Waals surface area contributed by atoms with Crippen molar-refractivity contribution in [3.63, 3.8) is 0 Å². The Morgan fingerprint density at radius 1 is 0.493 bits per heavy atom. The van der Waals surface area contributed by atoms with E-state index in [9.17, 15) is 0 Å². The molecule has 7 rings (SSSR count). The van der Waals surface area contributed by atoms with Crippen LogP contribution in [0.1, 0.15) is 214 Å². The summed E-state index contributed by atoms with van der Waals surface area (Å²) in [6, 6.07) is 24.3. The number of thiophene rings is 2. The van der Waals surface area contributed by atoms with Crippen molar-refractivity contribution in [2.75, 3.05) is 11.5 Å². The molecule has 1 aliphatic carbocycles. The predicted molar refractivity (Wildman–Crippen MR) is 304 cm³/mol. The number of unbranched alkanes of at least 4 members (excludes halogenated alkanes) is 12. The highest BCUT2D eigenvalue weighted by molar-refractivity contribution is 8.03. The zero-order valence-corrected chi connectivity index (χ0v) is 46.2. The van der Waals surface area contributed by atoms with Gasteiger partial charge in [-0.2, -0.15) is 0 Å². The molecule has 4 heterocycles. The first kappa shape index (κ1) is 52.2. The van der Waals surface area contributed by atoms with E-state index in [0.717, 1.165) is 22.9 Å². The Labute approximate surface area is 424 Å². The maximum atomic E-state index is 5.73. The molecule has 2 unspecified atom stereocenters. The average molecular weight is 974 g/mol. The van der Waals surface area contributed by atoms with Crippen LogP contribution >= 0.6 is 46.2 Å². The number of hydrogen-bond donors (Lipinski definition) is 0. The van der Waals surface area contributed by atoms with Gasteiger partial charge in [-0.05, 0) is 110 Å². The van der Waals surface area contributed by atoms with Gasteiger partial charge in [0.05, 0.1) is 21.2 Å². The SMILES string of the molecule is CCCCCCCCC1(CCCCCCCC)c2cc(C)ccc2-c2ccc(-c3ccc(C4=NC(SCC(CC)CCCC)=C5C(c6ccc(C)s6)=NC(SCC(CC)CCCC)=C45)s3)cc21. The van der Waals surface area contributed by atoms with Crippen LogP contribution in [0.25, 0.3) is 21.6 Å². The molecule has 2 aliphatic heterocycles. The minimum Gasteiger partial charge on any atom is -0.239 e. The zero-order valence-electron chi connectivity index (χ0n) is 42.9. The molecule has 0 bridgehead atoms. The molecule has 0 saturated heterocycles. The van der Waals surface area contributed by atoms with E-state index in [-0.39, 0.29) is 5.41 Å². The summed E-state index contributed by atoms with van der Waals surface area (Å²) in [4.78, 5) is 16.6. The van der Waals surface area contributed by atoms with Gasteiger partial charge in [0.15, 0.2) is 0 Å². The molecule has 2 aromatic carbocycles. The lowest BCUT2D eigenvalue weighted by molar-refractivity contribution is 0.398. The number of allylic oxidation sites excluding steroid dienone is 2. The molecule has 2 aromatic heterocycles. The van der Waals surface area contributed by atoms with Gasteiger partial charge in [0.25, 0.3) is 0 Å². The van der Waals surface area contributed by atoms with Crippen LogP contribution in [0.15, 0.2) is 91.9 Å². The predicted octanol–water partition coefficient (Wildman–Crippen LogP) is 20.5. The van der Waals surface area contributed by atoms with E-state index in [1.165, 1.54) is 204 Å². The number of rotatable bonds is 31. The molecule has 0 spiro atoms. The Morgan fingerprint density at radius 3 is 1.49 bits per heavy atom. The van der Waals surface area contributed by atoms with E-state index in [2.05, 4.69) is 116 Å². The van der Waals surface area contributed by atoms with Crippen LogP contribution in [0.3, 0.4) is 0 Å². The number of aryl methyl sites for hydroxylation is 2. The quantitative estimate of drug-likeness (QED) is 0.0470. The van der Waals surface area contributed by atoms with Crippen LogP contribution in [0.2, 0.25) is 0 Å². The molecule has 67 heavy (non-hydrogen) atoms. The molecule has 0 fully saturated rings. The van der Waals surface area contributed by atoms with E-state index in [4.69, 9.17) is 9.98 Å². The van der Waals surface area contributed by atoms with Gasteiger partial charge < -0.3 is 0 Å². The Bertz CT molecular complexity index is 2320. The van der Waals surface area contributed by atoms with E-state index < -0.39 is 0 Å². The molecule has 362 valence electrons. The average Bonchev–Trinajstić information content (AvgIpc) is 4.19. The molecule has 2 nitrogen and oxygen atoms in total. The van der Waals surface area contributed by atoms with Crippen LogP contribution in [0.5, 0.6) is 0 Å². The maximum absolute atomic E-state index is 5.73. The van der Waals surface area contributed by atoms with Gasteiger partial charge in [0.1, 0.15) is 10.1 Å². The lowest BCUT2D eigenvalue weighted by atomic mass is 9.70. The van der Waals surface area contributed by atoms with Gasteiger partial charge in [0, 0.05) is 37.8 Å². The van der Waals surface area contributed by atoms with Crippen molar-refractivity contribution in [3.05, 3.63) is 113 Å². The Kier molecular flexibility index (Phi) is 20.2. The molecule has 4 aromatic rings. The number of benzene rings is 2. The fraction of sp³-hybridized carbons (Fsp3) is 0.574. The van der Waals surface area contributed by atoms with Crippen molar-refractivity contribution in [1.29, 1.82) is 0 Å². The van der Waals surface area contributed by atoms with Gasteiger partial charge in [-0.25, -0.2) is 9.98 Å². The van der Waals surface area contributed by atoms with Crippen molar-refractivity contribution in [3.8, 4) is 21.6 Å². The van der Waals surface area contributed by atoms with Crippen LogP contribution in [0, 0.1) is 25.7 Å². The van der Waals surface area contributed by atoms with Crippen LogP contribution in [-0.4, -0.2) is 22.9 Å². The molecule has 6 heteroatoms. The third kappa shape index (κ3) is 12.6. The van der Waals surface area contributed by atoms with Crippen molar-refractivity contribution in [2.45, 2.75) is 202 Å². The zero-order chi connectivity index (χ0) is 47.2. The first-order valence-corrected chi connectivity index (χ1v) is 30.7. The summed E-state index contributed by atoms with van der Waals surface area (Å²) in [6.45, 7) is 18.6. The van der Waals surface area contributed by atoms with Crippen molar-refractivity contribution < 1.29 is 0 Å². The summed E-state index contributed by atoms with van der Waals surface area (Å²) in [6.07, 6.45) is 28.7. The monoisotopic (exact) mass is 973 g/mol. The molecule has 0 radical (unpaired) electrons. The summed E-state index contributed by atoms with van der Waals surface area (Å²) >= 11 is 7.83. The van der Waals surface area contributed by atoms with Gasteiger partial charge in [-0.15, -0.1) is 46.2 Å². The number of thioether (sulfide) groups is 2. The van der Waals surface area contributed by atoms with Gasteiger partial charge in [-0.3, -0.25) is 0 Å². The Hall–Kier alpha value is -2.64. The molecule has 0 amide bonds. The summed E-state index contributed by atoms with van der Waals surface area (Å²) in [5.41, 5.74) is 13.9. The molecule has 0 saturated carbocycles. The van der Waals surface area contributed by atoms with E-state index in [0.29, 0.717) is 11.8 Å². The largest absolute Gasteiger partial charge is 0.239 e. The normalized spacial score (nSPS) is 15.9. The number of fused-ring (bicyclic) bond motifs is 4. The Morgan fingerprint density at radius 2 is 0.970 bits per heavy atom.